The third-order valence-corrected chi connectivity index (χ3v) is 3.79. The van der Waals surface area contributed by atoms with Crippen LogP contribution in [0.1, 0.15) is 35.8 Å². The molecule has 1 aliphatic rings. The number of esters is 1. The van der Waals surface area contributed by atoms with Crippen molar-refractivity contribution in [1.29, 1.82) is 5.26 Å². The van der Waals surface area contributed by atoms with Gasteiger partial charge in [-0.2, -0.15) is 5.26 Å². The number of ether oxygens (including phenoxy) is 1. The van der Waals surface area contributed by atoms with E-state index in [2.05, 4.69) is 16.0 Å². The van der Waals surface area contributed by atoms with Crippen molar-refractivity contribution in [3.8, 4) is 6.07 Å². The fraction of sp³-hybridized carbons (Fsp3) is 0.385. The highest BCUT2D eigenvalue weighted by Crippen LogP contribution is 2.47. The largest absolute Gasteiger partial charge is 0.465 e. The molecule has 2 aromatic heterocycles. The average Bonchev–Trinajstić information content (AvgIpc) is 3.07. The van der Waals surface area contributed by atoms with Gasteiger partial charge in [-0.05, 0) is 19.8 Å². The minimum Gasteiger partial charge on any atom is -0.465 e. The van der Waals surface area contributed by atoms with E-state index in [4.69, 9.17) is 10.5 Å². The van der Waals surface area contributed by atoms with Crippen LogP contribution in [-0.2, 0) is 10.3 Å². The highest BCUT2D eigenvalue weighted by Gasteiger charge is 2.44. The monoisotopic (exact) mass is 271 g/mol. The Labute approximate surface area is 115 Å². The second-order valence-corrected chi connectivity index (χ2v) is 5.12. The van der Waals surface area contributed by atoms with Gasteiger partial charge in [0.1, 0.15) is 35.1 Å². The number of nitriles is 1. The van der Waals surface area contributed by atoms with E-state index in [9.17, 15) is 10.1 Å². The zero-order valence-corrected chi connectivity index (χ0v) is 11.2. The van der Waals surface area contributed by atoms with Gasteiger partial charge in [0, 0.05) is 5.54 Å². The molecule has 0 saturated heterocycles. The van der Waals surface area contributed by atoms with Crippen molar-refractivity contribution in [2.24, 2.45) is 0 Å². The number of rotatable bonds is 2. The number of anilines is 1. The molecule has 0 spiro atoms. The molecule has 0 bridgehead atoms. The Bertz CT molecular complexity index is 767. The van der Waals surface area contributed by atoms with Crippen LogP contribution in [-0.4, -0.2) is 27.6 Å². The Balaban J connectivity index is 2.48. The van der Waals surface area contributed by atoms with E-state index in [1.165, 1.54) is 13.4 Å². The van der Waals surface area contributed by atoms with Gasteiger partial charge >= 0.3 is 5.97 Å². The van der Waals surface area contributed by atoms with Crippen molar-refractivity contribution >= 4 is 22.8 Å². The molecule has 0 radical (unpaired) electrons. The molecule has 2 N–H and O–H groups in total. The van der Waals surface area contributed by atoms with Crippen molar-refractivity contribution in [2.75, 3.05) is 12.8 Å². The topological polar surface area (TPSA) is 107 Å². The van der Waals surface area contributed by atoms with Gasteiger partial charge in [0.2, 0.25) is 0 Å². The molecular formula is C13H13N5O2. The average molecular weight is 271 g/mol. The van der Waals surface area contributed by atoms with Gasteiger partial charge in [0.05, 0.1) is 12.5 Å². The molecule has 0 atom stereocenters. The first-order valence-electron chi connectivity index (χ1n) is 6.17. The maximum absolute atomic E-state index is 12.0. The number of nitrogens with two attached hydrogens (primary N) is 1. The van der Waals surface area contributed by atoms with Gasteiger partial charge in [-0.15, -0.1) is 0 Å². The molecule has 1 saturated carbocycles. The highest BCUT2D eigenvalue weighted by molar-refractivity contribution is 6.09. The smallest absolute Gasteiger partial charge is 0.341 e. The summed E-state index contributed by atoms with van der Waals surface area (Å²) in [6.07, 6.45) is 3.19. The minimum absolute atomic E-state index is 0.149. The molecule has 2 heterocycles. The van der Waals surface area contributed by atoms with Crippen molar-refractivity contribution in [2.45, 2.75) is 25.3 Å². The molecule has 1 aliphatic carbocycles. The van der Waals surface area contributed by atoms with E-state index in [1.807, 2.05) is 6.92 Å². The molecule has 0 amide bonds. The third-order valence-electron chi connectivity index (χ3n) is 3.79. The predicted molar refractivity (Wildman–Crippen MR) is 70.9 cm³/mol. The number of hydrogen-bond donors (Lipinski definition) is 1. The van der Waals surface area contributed by atoms with E-state index in [1.54, 1.807) is 4.57 Å². The fourth-order valence-corrected chi connectivity index (χ4v) is 2.47. The molecule has 0 unspecified atom stereocenters. The summed E-state index contributed by atoms with van der Waals surface area (Å²) in [7, 11) is 1.27. The number of carbonyl (C=O) groups excluding carboxylic acids is 1. The van der Waals surface area contributed by atoms with Crippen LogP contribution in [0.5, 0.6) is 0 Å². The first-order valence-corrected chi connectivity index (χ1v) is 6.17. The molecule has 20 heavy (non-hydrogen) atoms. The van der Waals surface area contributed by atoms with Crippen molar-refractivity contribution < 1.29 is 9.53 Å². The molecule has 2 aromatic rings. The Morgan fingerprint density at radius 1 is 1.55 bits per heavy atom. The second-order valence-electron chi connectivity index (χ2n) is 5.12. The molecular weight excluding hydrogens is 258 g/mol. The maximum Gasteiger partial charge on any atom is 0.341 e. The SMILES string of the molecule is COC(=O)c1c(C#N)n(C2(C)CC2)c2ncnc(N)c12. The third kappa shape index (κ3) is 1.48. The molecule has 3 rings (SSSR count). The summed E-state index contributed by atoms with van der Waals surface area (Å²) < 4.78 is 6.56. The summed E-state index contributed by atoms with van der Waals surface area (Å²) >= 11 is 0. The number of nitrogens with zero attached hydrogens (tertiary/aromatic N) is 4. The quantitative estimate of drug-likeness (QED) is 0.822. The summed E-state index contributed by atoms with van der Waals surface area (Å²) in [5.41, 5.74) is 6.56. The van der Waals surface area contributed by atoms with Crippen molar-refractivity contribution in [1.82, 2.24) is 14.5 Å². The second kappa shape index (κ2) is 3.93. The van der Waals surface area contributed by atoms with Crippen LogP contribution < -0.4 is 5.73 Å². The molecule has 0 aliphatic heterocycles. The van der Waals surface area contributed by atoms with Crippen LogP contribution in [0, 0.1) is 11.3 Å². The summed E-state index contributed by atoms with van der Waals surface area (Å²) in [5.74, 6) is -0.425. The Kier molecular flexibility index (Phi) is 2.44. The normalized spacial score (nSPS) is 15.8. The summed E-state index contributed by atoms with van der Waals surface area (Å²) in [6.45, 7) is 2.02. The van der Waals surface area contributed by atoms with E-state index in [-0.39, 0.29) is 22.6 Å². The van der Waals surface area contributed by atoms with Crippen molar-refractivity contribution in [3.63, 3.8) is 0 Å². The van der Waals surface area contributed by atoms with Gasteiger partial charge in [-0.1, -0.05) is 0 Å². The minimum atomic E-state index is -0.601. The maximum atomic E-state index is 12.0. The lowest BCUT2D eigenvalue weighted by atomic mass is 10.2. The lowest BCUT2D eigenvalue weighted by Crippen LogP contribution is -2.16. The molecule has 1 fully saturated rings. The van der Waals surface area contributed by atoms with E-state index < -0.39 is 5.97 Å². The summed E-state index contributed by atoms with van der Waals surface area (Å²) in [6, 6.07) is 2.08. The van der Waals surface area contributed by atoms with Crippen LogP contribution in [0.2, 0.25) is 0 Å². The Morgan fingerprint density at radius 3 is 2.80 bits per heavy atom. The van der Waals surface area contributed by atoms with Crippen LogP contribution in [0.4, 0.5) is 5.82 Å². The van der Waals surface area contributed by atoms with Gasteiger partial charge in [-0.3, -0.25) is 0 Å². The Morgan fingerprint density at radius 2 is 2.25 bits per heavy atom. The van der Waals surface area contributed by atoms with Crippen molar-refractivity contribution in [3.05, 3.63) is 17.6 Å². The zero-order valence-electron chi connectivity index (χ0n) is 11.2. The van der Waals surface area contributed by atoms with Crippen LogP contribution in [0.3, 0.4) is 0 Å². The first-order chi connectivity index (χ1) is 9.53. The molecule has 0 aromatic carbocycles. The highest BCUT2D eigenvalue weighted by atomic mass is 16.5. The van der Waals surface area contributed by atoms with Crippen LogP contribution >= 0.6 is 0 Å². The van der Waals surface area contributed by atoms with Gasteiger partial charge in [0.15, 0.2) is 0 Å². The lowest BCUT2D eigenvalue weighted by Gasteiger charge is -2.13. The fourth-order valence-electron chi connectivity index (χ4n) is 2.47. The number of carbonyl (C=O) groups is 1. The number of hydrogen-bond acceptors (Lipinski definition) is 6. The Hall–Kier alpha value is -2.62. The number of fused-ring (bicyclic) bond motifs is 1. The molecule has 7 heteroatoms. The van der Waals surface area contributed by atoms with E-state index in [0.29, 0.717) is 11.0 Å². The molecule has 102 valence electrons. The number of nitrogen functional groups attached to an aromatic ring is 1. The first kappa shape index (κ1) is 12.4. The van der Waals surface area contributed by atoms with Gasteiger partial charge in [0.25, 0.3) is 0 Å². The lowest BCUT2D eigenvalue weighted by molar-refractivity contribution is 0.0602. The van der Waals surface area contributed by atoms with Gasteiger partial charge in [-0.25, -0.2) is 14.8 Å². The zero-order chi connectivity index (χ0) is 14.5. The predicted octanol–water partition coefficient (Wildman–Crippen LogP) is 1.18. The van der Waals surface area contributed by atoms with Gasteiger partial charge < -0.3 is 15.0 Å². The van der Waals surface area contributed by atoms with E-state index in [0.717, 1.165) is 12.8 Å². The standard InChI is InChI=1S/C13H13N5O2/c1-13(3-4-13)18-7(5-14)8(12(19)20-2)9-10(15)16-6-17-11(9)18/h6H,3-4H2,1-2H3,(H2,15,16,17). The van der Waals surface area contributed by atoms with E-state index >= 15 is 0 Å². The van der Waals surface area contributed by atoms with Crippen LogP contribution in [0.15, 0.2) is 6.33 Å². The number of methoxy groups -OCH3 is 1. The summed E-state index contributed by atoms with van der Waals surface area (Å²) in [4.78, 5) is 20.1. The summed E-state index contributed by atoms with van der Waals surface area (Å²) in [5, 5.41) is 9.85. The number of aromatic nitrogens is 3. The molecule has 7 nitrogen and oxygen atoms in total. The van der Waals surface area contributed by atoms with Crippen LogP contribution in [0.25, 0.3) is 11.0 Å².